The molecule has 0 spiro atoms. The summed E-state index contributed by atoms with van der Waals surface area (Å²) in [6.45, 7) is 0.432. The largest absolute Gasteiger partial charge is 0.282 e. The molecule has 0 radical (unpaired) electrons. The average molecular weight is 284 g/mol. The molecule has 0 saturated carbocycles. The summed E-state index contributed by atoms with van der Waals surface area (Å²) in [5.74, 6) is 0.257. The Labute approximate surface area is 122 Å². The van der Waals surface area contributed by atoms with Crippen molar-refractivity contribution >= 4 is 11.8 Å². The van der Waals surface area contributed by atoms with E-state index in [4.69, 9.17) is 0 Å². The molecule has 1 N–H and O–H groups in total. The van der Waals surface area contributed by atoms with Gasteiger partial charge in [0.05, 0.1) is 5.92 Å². The molecule has 1 fully saturated rings. The van der Waals surface area contributed by atoms with E-state index in [-0.39, 0.29) is 24.2 Å². The Kier molecular flexibility index (Phi) is 3.77. The van der Waals surface area contributed by atoms with Gasteiger partial charge in [-0.15, -0.1) is 0 Å². The van der Waals surface area contributed by atoms with Crippen molar-refractivity contribution in [3.8, 4) is 0 Å². The lowest BCUT2D eigenvalue weighted by Gasteiger charge is -2.14. The maximum atomic E-state index is 12.4. The summed E-state index contributed by atoms with van der Waals surface area (Å²) in [6, 6.07) is 9.47. The highest BCUT2D eigenvalue weighted by Gasteiger charge is 2.38. The second kappa shape index (κ2) is 5.87. The summed E-state index contributed by atoms with van der Waals surface area (Å²) in [4.78, 5) is 29.8. The van der Waals surface area contributed by atoms with Gasteiger partial charge in [0.2, 0.25) is 11.8 Å². The minimum absolute atomic E-state index is 0.0913. The van der Waals surface area contributed by atoms with Gasteiger partial charge in [-0.05, 0) is 12.0 Å². The van der Waals surface area contributed by atoms with E-state index >= 15 is 0 Å². The average Bonchev–Trinajstić information content (AvgIpc) is 3.11. The molecule has 3 rings (SSSR count). The third-order valence-corrected chi connectivity index (χ3v) is 3.71. The van der Waals surface area contributed by atoms with E-state index < -0.39 is 0 Å². The van der Waals surface area contributed by atoms with Crippen LogP contribution in [-0.4, -0.2) is 38.4 Å². The summed E-state index contributed by atoms with van der Waals surface area (Å²) in [7, 11) is 0. The van der Waals surface area contributed by atoms with Gasteiger partial charge in [0.25, 0.3) is 0 Å². The van der Waals surface area contributed by atoms with Crippen LogP contribution in [0.3, 0.4) is 0 Å². The second-order valence-electron chi connectivity index (χ2n) is 5.09. The van der Waals surface area contributed by atoms with Crippen LogP contribution in [0.4, 0.5) is 0 Å². The monoisotopic (exact) mass is 284 g/mol. The molecule has 1 unspecified atom stereocenters. The van der Waals surface area contributed by atoms with Crippen LogP contribution < -0.4 is 0 Å². The van der Waals surface area contributed by atoms with Gasteiger partial charge < -0.3 is 0 Å². The molecule has 2 heterocycles. The summed E-state index contributed by atoms with van der Waals surface area (Å²) in [5, 5.41) is 6.54. The topological polar surface area (TPSA) is 79.0 Å². The molecule has 1 saturated heterocycles. The molecule has 0 aliphatic carbocycles. The Morgan fingerprint density at radius 1 is 1.24 bits per heavy atom. The van der Waals surface area contributed by atoms with Gasteiger partial charge in [-0.2, -0.15) is 5.10 Å². The van der Waals surface area contributed by atoms with Crippen LogP contribution in [0.15, 0.2) is 36.7 Å². The summed E-state index contributed by atoms with van der Waals surface area (Å²) >= 11 is 0. The molecule has 2 aromatic rings. The first-order valence-corrected chi connectivity index (χ1v) is 6.99. The van der Waals surface area contributed by atoms with Crippen molar-refractivity contribution in [2.24, 2.45) is 0 Å². The number of amides is 2. The van der Waals surface area contributed by atoms with Crippen molar-refractivity contribution in [3.05, 3.63) is 48.0 Å². The van der Waals surface area contributed by atoms with E-state index in [2.05, 4.69) is 15.2 Å². The van der Waals surface area contributed by atoms with Gasteiger partial charge in [-0.1, -0.05) is 30.3 Å². The number of hydrogen-bond donors (Lipinski definition) is 1. The number of aromatic amines is 1. The fourth-order valence-corrected chi connectivity index (χ4v) is 2.62. The standard InChI is InChI=1S/C15H16N4O2/c20-14-9-12(11-5-2-1-3-6-11)15(21)19(14)8-4-7-13-16-10-17-18-13/h1-3,5-6,10,12H,4,7-9H2,(H,16,17,18). The number of likely N-dealkylation sites (tertiary alicyclic amines) is 1. The molecule has 1 aromatic carbocycles. The highest BCUT2D eigenvalue weighted by Crippen LogP contribution is 2.29. The molecule has 1 atom stereocenters. The Morgan fingerprint density at radius 3 is 2.76 bits per heavy atom. The number of aryl methyl sites for hydroxylation is 1. The van der Waals surface area contributed by atoms with Gasteiger partial charge in [0.15, 0.2) is 0 Å². The van der Waals surface area contributed by atoms with Crippen molar-refractivity contribution in [1.29, 1.82) is 0 Å². The first-order chi connectivity index (χ1) is 10.3. The van der Waals surface area contributed by atoms with Gasteiger partial charge >= 0.3 is 0 Å². The van der Waals surface area contributed by atoms with Crippen LogP contribution >= 0.6 is 0 Å². The minimum Gasteiger partial charge on any atom is -0.282 e. The van der Waals surface area contributed by atoms with E-state index in [9.17, 15) is 9.59 Å². The number of rotatable bonds is 5. The molecule has 2 amide bonds. The second-order valence-corrected chi connectivity index (χ2v) is 5.09. The maximum Gasteiger partial charge on any atom is 0.237 e. The Bertz CT molecular complexity index is 624. The van der Waals surface area contributed by atoms with E-state index in [0.29, 0.717) is 19.4 Å². The summed E-state index contributed by atoms with van der Waals surface area (Å²) in [5.41, 5.74) is 0.911. The Balaban J connectivity index is 1.61. The molecular formula is C15H16N4O2. The van der Waals surface area contributed by atoms with Gasteiger partial charge in [0, 0.05) is 19.4 Å². The molecule has 0 bridgehead atoms. The van der Waals surface area contributed by atoms with E-state index in [0.717, 1.165) is 11.4 Å². The predicted molar refractivity (Wildman–Crippen MR) is 75.2 cm³/mol. The first kappa shape index (κ1) is 13.5. The fraction of sp³-hybridized carbons (Fsp3) is 0.333. The van der Waals surface area contributed by atoms with Crippen molar-refractivity contribution in [1.82, 2.24) is 20.1 Å². The zero-order chi connectivity index (χ0) is 14.7. The fourth-order valence-electron chi connectivity index (χ4n) is 2.62. The van der Waals surface area contributed by atoms with Crippen molar-refractivity contribution < 1.29 is 9.59 Å². The van der Waals surface area contributed by atoms with Gasteiger partial charge in [0.1, 0.15) is 12.2 Å². The summed E-state index contributed by atoms with van der Waals surface area (Å²) in [6.07, 6.45) is 3.08. The highest BCUT2D eigenvalue weighted by atomic mass is 16.2. The number of carbonyl (C=O) groups is 2. The van der Waals surface area contributed by atoms with Crippen LogP contribution in [0.25, 0.3) is 0 Å². The number of benzene rings is 1. The van der Waals surface area contributed by atoms with Crippen LogP contribution in [0.5, 0.6) is 0 Å². The predicted octanol–water partition coefficient (Wildman–Crippen LogP) is 1.28. The first-order valence-electron chi connectivity index (χ1n) is 6.99. The number of carbonyl (C=O) groups excluding carboxylic acids is 2. The van der Waals surface area contributed by atoms with E-state index in [1.54, 1.807) is 0 Å². The highest BCUT2D eigenvalue weighted by molar-refractivity contribution is 6.06. The molecule has 1 aliphatic rings. The van der Waals surface area contributed by atoms with E-state index in [1.165, 1.54) is 11.2 Å². The lowest BCUT2D eigenvalue weighted by Crippen LogP contribution is -2.31. The molecule has 21 heavy (non-hydrogen) atoms. The van der Waals surface area contributed by atoms with Crippen LogP contribution in [-0.2, 0) is 16.0 Å². The molecule has 6 nitrogen and oxygen atoms in total. The lowest BCUT2D eigenvalue weighted by molar-refractivity contribution is -0.138. The number of aromatic nitrogens is 3. The Hall–Kier alpha value is -2.50. The molecule has 6 heteroatoms. The van der Waals surface area contributed by atoms with Crippen molar-refractivity contribution in [2.45, 2.75) is 25.2 Å². The third-order valence-electron chi connectivity index (χ3n) is 3.71. The SMILES string of the molecule is O=C1CC(c2ccccc2)C(=O)N1CCCc1ncn[nH]1. The summed E-state index contributed by atoms with van der Waals surface area (Å²) < 4.78 is 0. The maximum absolute atomic E-state index is 12.4. The van der Waals surface area contributed by atoms with Gasteiger partial charge in [-0.3, -0.25) is 19.6 Å². The number of hydrogen-bond acceptors (Lipinski definition) is 4. The number of imide groups is 1. The van der Waals surface area contributed by atoms with Crippen LogP contribution in [0.1, 0.15) is 30.1 Å². The molecule has 1 aromatic heterocycles. The van der Waals surface area contributed by atoms with Gasteiger partial charge in [-0.25, -0.2) is 4.98 Å². The van der Waals surface area contributed by atoms with Crippen LogP contribution in [0.2, 0.25) is 0 Å². The number of nitrogens with one attached hydrogen (secondary N) is 1. The molecule has 1 aliphatic heterocycles. The molecular weight excluding hydrogens is 268 g/mol. The molecule has 108 valence electrons. The number of H-pyrrole nitrogens is 1. The van der Waals surface area contributed by atoms with E-state index in [1.807, 2.05) is 30.3 Å². The zero-order valence-corrected chi connectivity index (χ0v) is 11.5. The lowest BCUT2D eigenvalue weighted by atomic mass is 9.98. The third kappa shape index (κ3) is 2.84. The quantitative estimate of drug-likeness (QED) is 0.839. The minimum atomic E-state index is -0.330. The van der Waals surface area contributed by atoms with Crippen molar-refractivity contribution in [2.75, 3.05) is 6.54 Å². The zero-order valence-electron chi connectivity index (χ0n) is 11.5. The number of nitrogens with zero attached hydrogens (tertiary/aromatic N) is 3. The normalized spacial score (nSPS) is 18.5. The Morgan fingerprint density at radius 2 is 2.05 bits per heavy atom. The van der Waals surface area contributed by atoms with Crippen molar-refractivity contribution in [3.63, 3.8) is 0 Å². The van der Waals surface area contributed by atoms with Crippen LogP contribution in [0, 0.1) is 0 Å². The smallest absolute Gasteiger partial charge is 0.237 e.